The molecular weight excluding hydrogens is 329 g/mol. The van der Waals surface area contributed by atoms with Crippen molar-refractivity contribution in [2.45, 2.75) is 24.9 Å². The number of halogens is 4. The Hall–Kier alpha value is -0.830. The maximum atomic E-state index is 12.6. The number of sulfonamides is 1. The highest BCUT2D eigenvalue weighted by Gasteiger charge is 2.31. The monoisotopic (exact) mass is 346 g/mol. The largest absolute Gasteiger partial charge is 0.416 e. The molecule has 4 nitrogen and oxygen atoms in total. The summed E-state index contributed by atoms with van der Waals surface area (Å²) in [5.74, 6) is -0.488. The van der Waals surface area contributed by atoms with Gasteiger partial charge in [-0.3, -0.25) is 0 Å². The second kappa shape index (κ2) is 7.44. The average Bonchev–Trinajstić information content (AvgIpc) is 2.35. The lowest BCUT2D eigenvalue weighted by molar-refractivity contribution is -0.137. The molecule has 0 bridgehead atoms. The van der Waals surface area contributed by atoms with E-state index in [1.165, 1.54) is 19.2 Å². The van der Waals surface area contributed by atoms with E-state index in [1.54, 1.807) is 6.92 Å². The van der Waals surface area contributed by atoms with Gasteiger partial charge in [0.25, 0.3) is 0 Å². The molecule has 9 heteroatoms. The zero-order valence-corrected chi connectivity index (χ0v) is 13.2. The maximum Gasteiger partial charge on any atom is 0.416 e. The first-order valence-corrected chi connectivity index (χ1v) is 7.50. The van der Waals surface area contributed by atoms with Crippen LogP contribution >= 0.6 is 12.4 Å². The molecule has 1 aromatic rings. The van der Waals surface area contributed by atoms with E-state index in [9.17, 15) is 21.6 Å². The van der Waals surface area contributed by atoms with E-state index in [4.69, 9.17) is 5.73 Å². The molecule has 1 unspecified atom stereocenters. The Morgan fingerprint density at radius 3 is 2.38 bits per heavy atom. The van der Waals surface area contributed by atoms with Crippen molar-refractivity contribution in [1.29, 1.82) is 0 Å². The standard InChI is InChI=1S/C12H17F3N2O2S.ClH/c1-9(7-16)17(2)20(18,19)8-10-4-3-5-11(6-10)12(13,14)15;/h3-6,9H,7-8,16H2,1-2H3;1H. The number of hydrogen-bond donors (Lipinski definition) is 1. The summed E-state index contributed by atoms with van der Waals surface area (Å²) < 4.78 is 62.9. The Labute approximate surface area is 128 Å². The minimum Gasteiger partial charge on any atom is -0.329 e. The van der Waals surface area contributed by atoms with E-state index in [1.807, 2.05) is 0 Å². The smallest absolute Gasteiger partial charge is 0.329 e. The second-order valence-corrected chi connectivity index (χ2v) is 6.58. The summed E-state index contributed by atoms with van der Waals surface area (Å²) in [5.41, 5.74) is 4.62. The van der Waals surface area contributed by atoms with Gasteiger partial charge in [-0.1, -0.05) is 18.2 Å². The second-order valence-electron chi connectivity index (χ2n) is 4.56. The fourth-order valence-electron chi connectivity index (χ4n) is 1.57. The molecule has 2 N–H and O–H groups in total. The van der Waals surface area contributed by atoms with Crippen molar-refractivity contribution < 1.29 is 21.6 Å². The van der Waals surface area contributed by atoms with Crippen LogP contribution in [0.4, 0.5) is 13.2 Å². The molecule has 0 aliphatic carbocycles. The fourth-order valence-corrected chi connectivity index (χ4v) is 3.01. The van der Waals surface area contributed by atoms with Gasteiger partial charge in [0.1, 0.15) is 0 Å². The van der Waals surface area contributed by atoms with Crippen molar-refractivity contribution in [2.24, 2.45) is 5.73 Å². The van der Waals surface area contributed by atoms with Gasteiger partial charge in [0.2, 0.25) is 10.0 Å². The van der Waals surface area contributed by atoms with Crippen molar-refractivity contribution in [3.63, 3.8) is 0 Å². The Balaban J connectivity index is 0.00000400. The summed E-state index contributed by atoms with van der Waals surface area (Å²) in [5, 5.41) is 0. The number of nitrogens with zero attached hydrogens (tertiary/aromatic N) is 1. The molecule has 0 saturated heterocycles. The summed E-state index contributed by atoms with van der Waals surface area (Å²) >= 11 is 0. The molecule has 0 radical (unpaired) electrons. The molecule has 0 aliphatic heterocycles. The van der Waals surface area contributed by atoms with Crippen LogP contribution in [-0.2, 0) is 22.0 Å². The van der Waals surface area contributed by atoms with Crippen molar-refractivity contribution >= 4 is 22.4 Å². The predicted octanol–water partition coefficient (Wildman–Crippen LogP) is 2.24. The lowest BCUT2D eigenvalue weighted by atomic mass is 10.1. The Bertz CT molecular complexity index is 564. The van der Waals surface area contributed by atoms with Crippen LogP contribution < -0.4 is 5.73 Å². The number of likely N-dealkylation sites (N-methyl/N-ethyl adjacent to an activating group) is 1. The van der Waals surface area contributed by atoms with Gasteiger partial charge in [0.15, 0.2) is 0 Å². The van der Waals surface area contributed by atoms with Crippen LogP contribution in [0.15, 0.2) is 24.3 Å². The molecule has 0 amide bonds. The van der Waals surface area contributed by atoms with Crippen LogP contribution in [0.3, 0.4) is 0 Å². The highest BCUT2D eigenvalue weighted by Crippen LogP contribution is 2.30. The quantitative estimate of drug-likeness (QED) is 0.889. The molecule has 1 rings (SSSR count). The number of nitrogens with two attached hydrogens (primary N) is 1. The maximum absolute atomic E-state index is 12.6. The van der Waals surface area contributed by atoms with E-state index >= 15 is 0 Å². The first-order valence-electron chi connectivity index (χ1n) is 5.90. The normalized spacial score (nSPS) is 13.9. The Morgan fingerprint density at radius 2 is 1.90 bits per heavy atom. The van der Waals surface area contributed by atoms with Gasteiger partial charge in [-0.05, 0) is 18.6 Å². The highest BCUT2D eigenvalue weighted by molar-refractivity contribution is 7.88. The van der Waals surface area contributed by atoms with Crippen LogP contribution in [0, 0.1) is 0 Å². The summed E-state index contributed by atoms with van der Waals surface area (Å²) in [6.45, 7) is 1.77. The van der Waals surface area contributed by atoms with Crippen LogP contribution in [0.5, 0.6) is 0 Å². The molecule has 122 valence electrons. The van der Waals surface area contributed by atoms with Gasteiger partial charge in [-0.2, -0.15) is 13.2 Å². The summed E-state index contributed by atoms with van der Waals surface area (Å²) in [6.07, 6.45) is -4.49. The fraction of sp³-hybridized carbons (Fsp3) is 0.500. The lowest BCUT2D eigenvalue weighted by Crippen LogP contribution is -2.40. The highest BCUT2D eigenvalue weighted by atomic mass is 35.5. The van der Waals surface area contributed by atoms with Gasteiger partial charge in [0.05, 0.1) is 11.3 Å². The van der Waals surface area contributed by atoms with Crippen LogP contribution in [0.1, 0.15) is 18.1 Å². The minimum absolute atomic E-state index is 0. The number of rotatable bonds is 5. The molecule has 0 spiro atoms. The van der Waals surface area contributed by atoms with E-state index in [2.05, 4.69) is 0 Å². The van der Waals surface area contributed by atoms with Crippen LogP contribution in [-0.4, -0.2) is 32.4 Å². The van der Waals surface area contributed by atoms with Gasteiger partial charge in [0, 0.05) is 19.6 Å². The zero-order valence-electron chi connectivity index (χ0n) is 11.6. The molecule has 1 aromatic carbocycles. The summed E-state index contributed by atoms with van der Waals surface area (Å²) in [6, 6.07) is 3.89. The number of benzene rings is 1. The van der Waals surface area contributed by atoms with Gasteiger partial charge >= 0.3 is 6.18 Å². The van der Waals surface area contributed by atoms with Crippen molar-refractivity contribution in [3.8, 4) is 0 Å². The van der Waals surface area contributed by atoms with Gasteiger partial charge < -0.3 is 5.73 Å². The first-order chi connectivity index (χ1) is 9.08. The molecule has 1 atom stereocenters. The average molecular weight is 347 g/mol. The minimum atomic E-state index is -4.49. The SMILES string of the molecule is CC(CN)N(C)S(=O)(=O)Cc1cccc(C(F)(F)F)c1.Cl. The Morgan fingerprint density at radius 1 is 1.33 bits per heavy atom. The van der Waals surface area contributed by atoms with E-state index in [0.717, 1.165) is 16.4 Å². The van der Waals surface area contributed by atoms with E-state index in [0.29, 0.717) is 0 Å². The third kappa shape index (κ3) is 5.46. The number of alkyl halides is 3. The molecular formula is C12H18ClF3N2O2S. The topological polar surface area (TPSA) is 63.4 Å². The van der Waals surface area contributed by atoms with Gasteiger partial charge in [-0.25, -0.2) is 12.7 Å². The van der Waals surface area contributed by atoms with Crippen molar-refractivity contribution in [3.05, 3.63) is 35.4 Å². The Kier molecular flexibility index (Phi) is 7.14. The van der Waals surface area contributed by atoms with Crippen LogP contribution in [0.2, 0.25) is 0 Å². The summed E-state index contributed by atoms with van der Waals surface area (Å²) in [4.78, 5) is 0. The predicted molar refractivity (Wildman–Crippen MR) is 77.6 cm³/mol. The van der Waals surface area contributed by atoms with Gasteiger partial charge in [-0.15, -0.1) is 12.4 Å². The zero-order chi connectivity index (χ0) is 15.6. The lowest BCUT2D eigenvalue weighted by Gasteiger charge is -2.23. The molecule has 0 saturated carbocycles. The van der Waals surface area contributed by atoms with E-state index in [-0.39, 0.29) is 24.5 Å². The third-order valence-electron chi connectivity index (χ3n) is 3.00. The van der Waals surface area contributed by atoms with Crippen molar-refractivity contribution in [2.75, 3.05) is 13.6 Å². The molecule has 0 fully saturated rings. The van der Waals surface area contributed by atoms with Crippen LogP contribution in [0.25, 0.3) is 0 Å². The van der Waals surface area contributed by atoms with Crippen molar-refractivity contribution in [1.82, 2.24) is 4.31 Å². The number of hydrogen-bond acceptors (Lipinski definition) is 3. The molecule has 0 aromatic heterocycles. The van der Waals surface area contributed by atoms with E-state index < -0.39 is 33.6 Å². The first kappa shape index (κ1) is 20.2. The third-order valence-corrected chi connectivity index (χ3v) is 4.94. The summed E-state index contributed by atoms with van der Waals surface area (Å²) in [7, 11) is -2.34. The molecule has 0 heterocycles. The molecule has 0 aliphatic rings. The molecule has 21 heavy (non-hydrogen) atoms.